The van der Waals surface area contributed by atoms with E-state index in [4.69, 9.17) is 5.26 Å². The molecule has 0 unspecified atom stereocenters. The van der Waals surface area contributed by atoms with Gasteiger partial charge in [0.1, 0.15) is 18.9 Å². The third-order valence-corrected chi connectivity index (χ3v) is 4.26. The van der Waals surface area contributed by atoms with Crippen LogP contribution in [0.25, 0.3) is 11.1 Å². The normalized spacial score (nSPS) is 11.1. The molecule has 0 aliphatic heterocycles. The van der Waals surface area contributed by atoms with Gasteiger partial charge < -0.3 is 10.6 Å². The van der Waals surface area contributed by atoms with Crippen molar-refractivity contribution in [3.8, 4) is 17.2 Å². The van der Waals surface area contributed by atoms with Gasteiger partial charge >= 0.3 is 0 Å². The van der Waals surface area contributed by atoms with Gasteiger partial charge in [-0.15, -0.1) is 0 Å². The highest BCUT2D eigenvalue weighted by Gasteiger charge is 2.22. The largest absolute Gasteiger partial charge is 0.341 e. The fraction of sp³-hybridized carbons (Fsp3) is 0.136. The van der Waals surface area contributed by atoms with Crippen molar-refractivity contribution < 1.29 is 9.59 Å². The predicted molar refractivity (Wildman–Crippen MR) is 107 cm³/mol. The molecule has 2 aromatic carbocycles. The molecule has 144 valence electrons. The Kier molecular flexibility index (Phi) is 6.63. The molecular formula is C22H19N5O2. The molecule has 0 aliphatic carbocycles. The number of hydrogen-bond donors (Lipinski definition) is 2. The van der Waals surface area contributed by atoms with Gasteiger partial charge in [0.15, 0.2) is 0 Å². The SMILES string of the molecule is N#CCNC(=O)[C@H](Cc1cccc(-c2cncnc2)c1)NC(=O)c1ccccc1. The lowest BCUT2D eigenvalue weighted by molar-refractivity contribution is -0.122. The third-order valence-electron chi connectivity index (χ3n) is 4.26. The molecule has 1 atom stereocenters. The maximum atomic E-state index is 12.5. The van der Waals surface area contributed by atoms with Crippen LogP contribution in [0.3, 0.4) is 0 Å². The van der Waals surface area contributed by atoms with E-state index in [0.717, 1.165) is 16.7 Å². The molecule has 3 rings (SSSR count). The molecule has 1 aromatic heterocycles. The fourth-order valence-corrected chi connectivity index (χ4v) is 2.85. The van der Waals surface area contributed by atoms with Crippen LogP contribution < -0.4 is 10.6 Å². The van der Waals surface area contributed by atoms with E-state index in [2.05, 4.69) is 20.6 Å². The van der Waals surface area contributed by atoms with Crippen molar-refractivity contribution >= 4 is 11.8 Å². The number of carbonyl (C=O) groups is 2. The minimum atomic E-state index is -0.821. The number of nitrogens with one attached hydrogen (secondary N) is 2. The van der Waals surface area contributed by atoms with E-state index in [1.807, 2.05) is 36.4 Å². The summed E-state index contributed by atoms with van der Waals surface area (Å²) in [5.41, 5.74) is 3.08. The summed E-state index contributed by atoms with van der Waals surface area (Å²) in [7, 11) is 0. The smallest absolute Gasteiger partial charge is 0.251 e. The van der Waals surface area contributed by atoms with Crippen molar-refractivity contribution in [2.24, 2.45) is 0 Å². The van der Waals surface area contributed by atoms with E-state index in [0.29, 0.717) is 5.56 Å². The second-order valence-corrected chi connectivity index (χ2v) is 6.30. The predicted octanol–water partition coefficient (Wildman–Crippen LogP) is 2.12. The number of hydrogen-bond acceptors (Lipinski definition) is 5. The topological polar surface area (TPSA) is 108 Å². The zero-order valence-corrected chi connectivity index (χ0v) is 15.6. The summed E-state index contributed by atoms with van der Waals surface area (Å²) in [5, 5.41) is 14.0. The van der Waals surface area contributed by atoms with Gasteiger partial charge in [0, 0.05) is 29.9 Å². The first-order chi connectivity index (χ1) is 14.2. The van der Waals surface area contributed by atoms with E-state index in [1.54, 1.807) is 36.7 Å². The number of rotatable bonds is 7. The summed E-state index contributed by atoms with van der Waals surface area (Å²) in [5.74, 6) is -0.764. The highest BCUT2D eigenvalue weighted by Crippen LogP contribution is 2.19. The first kappa shape index (κ1) is 19.7. The van der Waals surface area contributed by atoms with Crippen LogP contribution in [0.4, 0.5) is 0 Å². The number of aromatic nitrogens is 2. The maximum absolute atomic E-state index is 12.5. The van der Waals surface area contributed by atoms with Crippen molar-refractivity contribution in [3.05, 3.63) is 84.4 Å². The Morgan fingerprint density at radius 2 is 1.76 bits per heavy atom. The van der Waals surface area contributed by atoms with Crippen molar-refractivity contribution in [2.45, 2.75) is 12.5 Å². The van der Waals surface area contributed by atoms with Gasteiger partial charge in [-0.1, -0.05) is 42.5 Å². The summed E-state index contributed by atoms with van der Waals surface area (Å²) in [6.07, 6.45) is 5.15. The lowest BCUT2D eigenvalue weighted by atomic mass is 10.00. The molecule has 0 spiro atoms. The molecule has 29 heavy (non-hydrogen) atoms. The lowest BCUT2D eigenvalue weighted by Crippen LogP contribution is -2.48. The zero-order chi connectivity index (χ0) is 20.5. The Balaban J connectivity index is 1.80. The monoisotopic (exact) mass is 385 g/mol. The molecule has 1 heterocycles. The number of nitrogens with zero attached hydrogens (tertiary/aromatic N) is 3. The fourth-order valence-electron chi connectivity index (χ4n) is 2.85. The molecule has 3 aromatic rings. The van der Waals surface area contributed by atoms with Gasteiger partial charge in [-0.3, -0.25) is 9.59 Å². The minimum Gasteiger partial charge on any atom is -0.341 e. The Hall–Kier alpha value is -4.05. The molecule has 7 heteroatoms. The first-order valence-corrected chi connectivity index (χ1v) is 9.02. The molecular weight excluding hydrogens is 366 g/mol. The van der Waals surface area contributed by atoms with Crippen molar-refractivity contribution in [2.75, 3.05) is 6.54 Å². The summed E-state index contributed by atoms with van der Waals surface area (Å²) < 4.78 is 0. The molecule has 0 fully saturated rings. The lowest BCUT2D eigenvalue weighted by Gasteiger charge is -2.18. The number of carbonyl (C=O) groups excluding carboxylic acids is 2. The molecule has 0 saturated carbocycles. The van der Waals surface area contributed by atoms with Crippen LogP contribution in [0.5, 0.6) is 0 Å². The molecule has 0 bridgehead atoms. The minimum absolute atomic E-state index is 0.127. The van der Waals surface area contributed by atoms with Crippen LogP contribution in [-0.4, -0.2) is 34.4 Å². The molecule has 7 nitrogen and oxygen atoms in total. The summed E-state index contributed by atoms with van der Waals surface area (Å²) in [4.78, 5) is 33.1. The maximum Gasteiger partial charge on any atom is 0.251 e. The van der Waals surface area contributed by atoms with E-state index in [-0.39, 0.29) is 18.9 Å². The molecule has 2 amide bonds. The zero-order valence-electron chi connectivity index (χ0n) is 15.6. The number of amides is 2. The van der Waals surface area contributed by atoms with Crippen LogP contribution in [0.2, 0.25) is 0 Å². The van der Waals surface area contributed by atoms with E-state index < -0.39 is 11.9 Å². The van der Waals surface area contributed by atoms with Gasteiger partial charge in [-0.05, 0) is 23.3 Å². The number of benzene rings is 2. The van der Waals surface area contributed by atoms with Crippen LogP contribution in [0.1, 0.15) is 15.9 Å². The second kappa shape index (κ2) is 9.76. The van der Waals surface area contributed by atoms with Gasteiger partial charge in [0.05, 0.1) is 6.07 Å². The standard InChI is InChI=1S/C22H19N5O2/c23-9-10-26-22(29)20(27-21(28)17-6-2-1-3-7-17)12-16-5-4-8-18(11-16)19-13-24-15-25-14-19/h1-8,11,13-15,20H,10,12H2,(H,26,29)(H,27,28)/t20-/m0/s1. The van der Waals surface area contributed by atoms with Crippen LogP contribution in [0.15, 0.2) is 73.3 Å². The van der Waals surface area contributed by atoms with E-state index in [9.17, 15) is 9.59 Å². The van der Waals surface area contributed by atoms with Gasteiger partial charge in [0.2, 0.25) is 5.91 Å². The first-order valence-electron chi connectivity index (χ1n) is 9.02. The molecule has 0 radical (unpaired) electrons. The Morgan fingerprint density at radius 1 is 1.00 bits per heavy atom. The summed E-state index contributed by atoms with van der Waals surface area (Å²) in [6.45, 7) is -0.127. The van der Waals surface area contributed by atoms with Crippen molar-refractivity contribution in [3.63, 3.8) is 0 Å². The van der Waals surface area contributed by atoms with Crippen LogP contribution >= 0.6 is 0 Å². The van der Waals surface area contributed by atoms with Gasteiger partial charge in [-0.2, -0.15) is 5.26 Å². The number of nitriles is 1. The van der Waals surface area contributed by atoms with Crippen LogP contribution in [-0.2, 0) is 11.2 Å². The van der Waals surface area contributed by atoms with Gasteiger partial charge in [-0.25, -0.2) is 9.97 Å². The quantitative estimate of drug-likeness (QED) is 0.606. The Bertz CT molecular complexity index is 1020. The molecule has 0 saturated heterocycles. The Morgan fingerprint density at radius 3 is 2.48 bits per heavy atom. The average molecular weight is 385 g/mol. The van der Waals surface area contributed by atoms with Crippen molar-refractivity contribution in [1.29, 1.82) is 5.26 Å². The Labute approximate surface area is 168 Å². The van der Waals surface area contributed by atoms with E-state index in [1.165, 1.54) is 6.33 Å². The van der Waals surface area contributed by atoms with Crippen LogP contribution in [0, 0.1) is 11.3 Å². The highest BCUT2D eigenvalue weighted by atomic mass is 16.2. The third kappa shape index (κ3) is 5.47. The highest BCUT2D eigenvalue weighted by molar-refractivity contribution is 5.97. The van der Waals surface area contributed by atoms with E-state index >= 15 is 0 Å². The van der Waals surface area contributed by atoms with Gasteiger partial charge in [0.25, 0.3) is 5.91 Å². The summed E-state index contributed by atoms with van der Waals surface area (Å²) in [6, 6.07) is 17.3. The molecule has 2 N–H and O–H groups in total. The summed E-state index contributed by atoms with van der Waals surface area (Å²) >= 11 is 0. The van der Waals surface area contributed by atoms with Crippen molar-refractivity contribution in [1.82, 2.24) is 20.6 Å². The average Bonchev–Trinajstić information content (AvgIpc) is 2.78. The molecule has 0 aliphatic rings. The second-order valence-electron chi connectivity index (χ2n) is 6.30.